The van der Waals surface area contributed by atoms with Gasteiger partial charge in [0, 0.05) is 16.7 Å². The summed E-state index contributed by atoms with van der Waals surface area (Å²) in [6.45, 7) is 0. The van der Waals surface area contributed by atoms with Crippen molar-refractivity contribution in [3.8, 4) is 5.75 Å². The zero-order chi connectivity index (χ0) is 11.4. The second-order valence-electron chi connectivity index (χ2n) is 2.62. The minimum atomic E-state index is -0.751. The number of nitro benzene ring substituents is 1. The lowest BCUT2D eigenvalue weighted by Gasteiger charge is -2.00. The first kappa shape index (κ1) is 11.2. The fourth-order valence-electron chi connectivity index (χ4n) is 1.01. The van der Waals surface area contributed by atoms with Crippen molar-refractivity contribution in [3.05, 3.63) is 38.9 Å². The topological polar surface area (TPSA) is 80.4 Å². The zero-order valence-corrected chi connectivity index (χ0v) is 8.14. The molecule has 0 aliphatic rings. The van der Waals surface area contributed by atoms with Gasteiger partial charge in [-0.25, -0.2) is 0 Å². The number of rotatable bonds is 3. The molecule has 1 N–H and O–H groups in total. The third-order valence-corrected chi connectivity index (χ3v) is 1.85. The first-order valence-electron chi connectivity index (χ1n) is 3.85. The Morgan fingerprint density at radius 3 is 2.67 bits per heavy atom. The largest absolute Gasteiger partial charge is 0.502 e. The van der Waals surface area contributed by atoms with Crippen molar-refractivity contribution < 1.29 is 14.8 Å². The quantitative estimate of drug-likeness (QED) is 0.371. The molecule has 0 aromatic heterocycles. The first-order valence-corrected chi connectivity index (χ1v) is 4.23. The van der Waals surface area contributed by atoms with Crippen LogP contribution in [0.15, 0.2) is 18.2 Å². The molecule has 0 aliphatic heterocycles. The lowest BCUT2D eigenvalue weighted by atomic mass is 10.1. The van der Waals surface area contributed by atoms with Crippen LogP contribution in [0.2, 0.25) is 5.02 Å². The molecule has 1 rings (SSSR count). The number of phenolic OH excluding ortho intramolecular Hbond substituents is 1. The summed E-state index contributed by atoms with van der Waals surface area (Å²) in [7, 11) is 0. The van der Waals surface area contributed by atoms with Gasteiger partial charge in [-0.15, -0.1) is 0 Å². The van der Waals surface area contributed by atoms with Crippen LogP contribution in [0.5, 0.6) is 5.75 Å². The third-order valence-electron chi connectivity index (χ3n) is 1.64. The number of aldehydes is 1. The van der Waals surface area contributed by atoms with E-state index in [-0.39, 0.29) is 10.6 Å². The number of hydrogen-bond donors (Lipinski definition) is 1. The van der Waals surface area contributed by atoms with Crippen LogP contribution in [-0.2, 0) is 4.79 Å². The van der Waals surface area contributed by atoms with Crippen molar-refractivity contribution >= 4 is 29.7 Å². The minimum absolute atomic E-state index is 0.116. The van der Waals surface area contributed by atoms with Crippen molar-refractivity contribution in [2.24, 2.45) is 0 Å². The van der Waals surface area contributed by atoms with Gasteiger partial charge >= 0.3 is 5.69 Å². The SMILES string of the molecule is O=CC=Cc1cc(Cl)cc([N+](=O)[O-])c1O. The molecule has 0 saturated heterocycles. The van der Waals surface area contributed by atoms with Gasteiger partial charge in [0.05, 0.1) is 4.92 Å². The second-order valence-corrected chi connectivity index (χ2v) is 3.05. The summed E-state index contributed by atoms with van der Waals surface area (Å²) in [5, 5.41) is 20.1. The molecule has 0 bridgehead atoms. The predicted octanol–water partition coefficient (Wildman–Crippen LogP) is 2.17. The molecule has 0 atom stereocenters. The maximum Gasteiger partial charge on any atom is 0.312 e. The average molecular weight is 228 g/mol. The van der Waals surface area contributed by atoms with Gasteiger partial charge in [-0.05, 0) is 18.2 Å². The van der Waals surface area contributed by atoms with Gasteiger partial charge in [-0.3, -0.25) is 14.9 Å². The fraction of sp³-hybridized carbons (Fsp3) is 0. The maximum absolute atomic E-state index is 10.5. The predicted molar refractivity (Wildman–Crippen MR) is 54.9 cm³/mol. The normalized spacial score (nSPS) is 10.5. The van der Waals surface area contributed by atoms with Crippen molar-refractivity contribution in [1.82, 2.24) is 0 Å². The highest BCUT2D eigenvalue weighted by molar-refractivity contribution is 6.31. The lowest BCUT2D eigenvalue weighted by Crippen LogP contribution is -1.90. The smallest absolute Gasteiger partial charge is 0.312 e. The van der Waals surface area contributed by atoms with Gasteiger partial charge in [0.25, 0.3) is 0 Å². The summed E-state index contributed by atoms with van der Waals surface area (Å²) in [5.41, 5.74) is -0.366. The number of carbonyl (C=O) groups is 1. The van der Waals surface area contributed by atoms with Crippen molar-refractivity contribution in [2.75, 3.05) is 0 Å². The molecule has 0 radical (unpaired) electrons. The van der Waals surface area contributed by atoms with Gasteiger partial charge in [0.15, 0.2) is 0 Å². The number of benzene rings is 1. The Bertz CT molecular complexity index is 442. The van der Waals surface area contributed by atoms with E-state index in [0.29, 0.717) is 6.29 Å². The van der Waals surface area contributed by atoms with E-state index in [4.69, 9.17) is 11.6 Å². The number of halogens is 1. The Hall–Kier alpha value is -1.88. The van der Waals surface area contributed by atoms with E-state index >= 15 is 0 Å². The van der Waals surface area contributed by atoms with E-state index in [1.807, 2.05) is 0 Å². The molecule has 5 nitrogen and oxygen atoms in total. The number of nitrogens with zero attached hydrogens (tertiary/aromatic N) is 1. The molecule has 0 spiro atoms. The number of hydrogen-bond acceptors (Lipinski definition) is 4. The summed E-state index contributed by atoms with van der Waals surface area (Å²) < 4.78 is 0. The highest BCUT2D eigenvalue weighted by Crippen LogP contribution is 2.33. The second kappa shape index (κ2) is 4.56. The third kappa shape index (κ3) is 2.54. The van der Waals surface area contributed by atoms with E-state index in [9.17, 15) is 20.0 Å². The molecule has 0 aliphatic carbocycles. The Balaban J connectivity index is 3.34. The lowest BCUT2D eigenvalue weighted by molar-refractivity contribution is -0.385. The molecule has 6 heteroatoms. The van der Waals surface area contributed by atoms with E-state index < -0.39 is 16.4 Å². The van der Waals surface area contributed by atoms with Gasteiger partial charge in [-0.2, -0.15) is 0 Å². The van der Waals surface area contributed by atoms with Crippen LogP contribution in [0.4, 0.5) is 5.69 Å². The summed E-state index contributed by atoms with van der Waals surface area (Å²) in [4.78, 5) is 19.8. The monoisotopic (exact) mass is 227 g/mol. The average Bonchev–Trinajstić information content (AvgIpc) is 2.18. The van der Waals surface area contributed by atoms with Gasteiger partial charge in [-0.1, -0.05) is 11.6 Å². The van der Waals surface area contributed by atoms with Gasteiger partial charge < -0.3 is 5.11 Å². The summed E-state index contributed by atoms with van der Waals surface area (Å²) in [6.07, 6.45) is 2.84. The van der Waals surface area contributed by atoms with Crippen molar-refractivity contribution in [1.29, 1.82) is 0 Å². The van der Waals surface area contributed by atoms with Crippen LogP contribution < -0.4 is 0 Å². The van der Waals surface area contributed by atoms with Crippen molar-refractivity contribution in [3.63, 3.8) is 0 Å². The molecular weight excluding hydrogens is 222 g/mol. The molecule has 78 valence electrons. The molecule has 0 fully saturated rings. The van der Waals surface area contributed by atoms with Crippen LogP contribution in [-0.4, -0.2) is 16.3 Å². The van der Waals surface area contributed by atoms with Gasteiger partial charge in [0.1, 0.15) is 6.29 Å². The van der Waals surface area contributed by atoms with Gasteiger partial charge in [0.2, 0.25) is 5.75 Å². The molecule has 15 heavy (non-hydrogen) atoms. The molecule has 0 saturated carbocycles. The van der Waals surface area contributed by atoms with Crippen molar-refractivity contribution in [2.45, 2.75) is 0 Å². The highest BCUT2D eigenvalue weighted by atomic mass is 35.5. The van der Waals surface area contributed by atoms with E-state index in [0.717, 1.165) is 12.1 Å². The standard InChI is InChI=1S/C9H6ClNO4/c10-7-4-6(2-1-3-12)9(13)8(5-7)11(14)15/h1-5,13H. The summed E-state index contributed by atoms with van der Waals surface area (Å²) in [5.74, 6) is -0.512. The number of nitro groups is 1. The van der Waals surface area contributed by atoms with Crippen LogP contribution >= 0.6 is 11.6 Å². The maximum atomic E-state index is 10.5. The minimum Gasteiger partial charge on any atom is -0.502 e. The molecule has 0 heterocycles. The molecule has 1 aromatic rings. The van der Waals surface area contributed by atoms with Crippen LogP contribution in [0.3, 0.4) is 0 Å². The summed E-state index contributed by atoms with van der Waals surface area (Å²) in [6, 6.07) is 2.36. The Morgan fingerprint density at radius 1 is 1.47 bits per heavy atom. The van der Waals surface area contributed by atoms with Crippen LogP contribution in [0, 0.1) is 10.1 Å². The molecule has 1 aromatic carbocycles. The highest BCUT2D eigenvalue weighted by Gasteiger charge is 2.16. The van der Waals surface area contributed by atoms with E-state index in [2.05, 4.69) is 0 Å². The molecule has 0 unspecified atom stereocenters. The first-order chi connectivity index (χ1) is 7.06. The van der Waals surface area contributed by atoms with Crippen LogP contribution in [0.25, 0.3) is 6.08 Å². The Kier molecular flexibility index (Phi) is 3.41. The fourth-order valence-corrected chi connectivity index (χ4v) is 1.24. The van der Waals surface area contributed by atoms with Crippen LogP contribution in [0.1, 0.15) is 5.56 Å². The zero-order valence-electron chi connectivity index (χ0n) is 7.38. The number of aromatic hydroxyl groups is 1. The summed E-state index contributed by atoms with van der Waals surface area (Å²) >= 11 is 5.61. The Labute approximate surface area is 89.7 Å². The number of carbonyl (C=O) groups excluding carboxylic acids is 1. The molecule has 0 amide bonds. The Morgan fingerprint density at radius 2 is 2.13 bits per heavy atom. The molecular formula is C9H6ClNO4. The van der Waals surface area contributed by atoms with E-state index in [1.54, 1.807) is 0 Å². The van der Waals surface area contributed by atoms with E-state index in [1.165, 1.54) is 12.1 Å². The number of allylic oxidation sites excluding steroid dienone is 1. The number of phenols is 1.